The van der Waals surface area contributed by atoms with Crippen LogP contribution in [0, 0.1) is 5.41 Å². The van der Waals surface area contributed by atoms with Gasteiger partial charge in [0.15, 0.2) is 0 Å². The Morgan fingerprint density at radius 2 is 2.00 bits per heavy atom. The van der Waals surface area contributed by atoms with Crippen LogP contribution in [0.15, 0.2) is 0 Å². The minimum Gasteiger partial charge on any atom is -0.481 e. The van der Waals surface area contributed by atoms with Crippen molar-refractivity contribution in [3.05, 3.63) is 0 Å². The van der Waals surface area contributed by atoms with Crippen LogP contribution < -0.4 is 5.32 Å². The number of aliphatic carboxylic acids is 1. The van der Waals surface area contributed by atoms with Gasteiger partial charge in [-0.05, 0) is 0 Å². The molecule has 2 rings (SSSR count). The van der Waals surface area contributed by atoms with E-state index in [1.54, 1.807) is 0 Å². The van der Waals surface area contributed by atoms with E-state index in [4.69, 9.17) is 14.6 Å². The van der Waals surface area contributed by atoms with E-state index in [0.29, 0.717) is 5.41 Å². The number of nitrogens with one attached hydrogen (secondary N) is 1. The molecule has 2 aliphatic heterocycles. The van der Waals surface area contributed by atoms with E-state index < -0.39 is 5.97 Å². The lowest BCUT2D eigenvalue weighted by Gasteiger charge is -2.48. The zero-order chi connectivity index (χ0) is 8.32. The van der Waals surface area contributed by atoms with Crippen LogP contribution in [0.3, 0.4) is 0 Å². The van der Waals surface area contributed by atoms with Gasteiger partial charge in [-0.3, -0.25) is 4.79 Å². The van der Waals surface area contributed by atoms with E-state index in [-0.39, 0.29) is 0 Å². The summed E-state index contributed by atoms with van der Waals surface area (Å²) in [5.74, 6) is -0.833. The standard InChI is InChI=1S/C5H9NO.C2H4O2/c1-5(2-6-1)3-7-4-5;1-2(3)4/h6H,1-4H2;1H3,(H,3,4). The molecule has 4 nitrogen and oxygen atoms in total. The Morgan fingerprint density at radius 3 is 2.00 bits per heavy atom. The second kappa shape index (κ2) is 3.19. The van der Waals surface area contributed by atoms with Crippen LogP contribution in [0.2, 0.25) is 0 Å². The quantitative estimate of drug-likeness (QED) is 0.509. The van der Waals surface area contributed by atoms with Crippen LogP contribution in [0.1, 0.15) is 6.92 Å². The van der Waals surface area contributed by atoms with Crippen molar-refractivity contribution < 1.29 is 14.6 Å². The van der Waals surface area contributed by atoms with Crippen molar-refractivity contribution in [1.82, 2.24) is 5.32 Å². The largest absolute Gasteiger partial charge is 0.481 e. The smallest absolute Gasteiger partial charge is 0.300 e. The first kappa shape index (κ1) is 8.49. The van der Waals surface area contributed by atoms with Crippen molar-refractivity contribution >= 4 is 5.97 Å². The number of hydrogen-bond acceptors (Lipinski definition) is 3. The first-order valence-corrected chi connectivity index (χ1v) is 3.63. The van der Waals surface area contributed by atoms with Gasteiger partial charge in [-0.15, -0.1) is 0 Å². The molecule has 0 aliphatic carbocycles. The van der Waals surface area contributed by atoms with E-state index in [1.165, 1.54) is 13.1 Å². The summed E-state index contributed by atoms with van der Waals surface area (Å²) in [6, 6.07) is 0. The second-order valence-electron chi connectivity index (χ2n) is 3.12. The van der Waals surface area contributed by atoms with Crippen LogP contribution in [0.5, 0.6) is 0 Å². The maximum atomic E-state index is 9.00. The predicted molar refractivity (Wildman–Crippen MR) is 39.4 cm³/mol. The van der Waals surface area contributed by atoms with E-state index >= 15 is 0 Å². The minimum atomic E-state index is -0.833. The molecular weight excluding hydrogens is 146 g/mol. The molecule has 2 saturated heterocycles. The molecule has 0 aromatic heterocycles. The fourth-order valence-electron chi connectivity index (χ4n) is 1.07. The molecule has 0 bridgehead atoms. The molecular formula is C7H13NO3. The third-order valence-corrected chi connectivity index (χ3v) is 1.82. The molecule has 0 saturated carbocycles. The summed E-state index contributed by atoms with van der Waals surface area (Å²) in [4.78, 5) is 9.00. The Labute approximate surface area is 65.5 Å². The van der Waals surface area contributed by atoms with Gasteiger partial charge >= 0.3 is 0 Å². The maximum absolute atomic E-state index is 9.00. The second-order valence-corrected chi connectivity index (χ2v) is 3.12. The van der Waals surface area contributed by atoms with Gasteiger partial charge in [0, 0.05) is 25.4 Å². The summed E-state index contributed by atoms with van der Waals surface area (Å²) >= 11 is 0. The highest BCUT2D eigenvalue weighted by Crippen LogP contribution is 2.30. The lowest BCUT2D eigenvalue weighted by atomic mass is 9.80. The number of ether oxygens (including phenoxy) is 1. The van der Waals surface area contributed by atoms with E-state index in [1.807, 2.05) is 0 Å². The first-order valence-electron chi connectivity index (χ1n) is 3.63. The van der Waals surface area contributed by atoms with Gasteiger partial charge in [-0.25, -0.2) is 0 Å². The molecule has 1 spiro atoms. The molecule has 0 aromatic carbocycles. The molecule has 2 fully saturated rings. The third kappa shape index (κ3) is 2.17. The normalized spacial score (nSPS) is 24.1. The molecule has 4 heteroatoms. The summed E-state index contributed by atoms with van der Waals surface area (Å²) < 4.78 is 5.04. The van der Waals surface area contributed by atoms with E-state index in [2.05, 4.69) is 5.32 Å². The van der Waals surface area contributed by atoms with Crippen LogP contribution >= 0.6 is 0 Å². The topological polar surface area (TPSA) is 58.6 Å². The van der Waals surface area contributed by atoms with Crippen LogP contribution in [0.4, 0.5) is 0 Å². The molecule has 0 aromatic rings. The van der Waals surface area contributed by atoms with Gasteiger partial charge < -0.3 is 15.2 Å². The number of carbonyl (C=O) groups is 1. The van der Waals surface area contributed by atoms with Gasteiger partial charge in [0.05, 0.1) is 13.2 Å². The fraction of sp³-hybridized carbons (Fsp3) is 0.857. The average molecular weight is 159 g/mol. The first-order chi connectivity index (χ1) is 5.15. The van der Waals surface area contributed by atoms with E-state index in [9.17, 15) is 0 Å². The van der Waals surface area contributed by atoms with Gasteiger partial charge in [-0.1, -0.05) is 0 Å². The lowest BCUT2D eigenvalue weighted by molar-refractivity contribution is -0.139. The van der Waals surface area contributed by atoms with Gasteiger partial charge in [0.1, 0.15) is 0 Å². The summed E-state index contributed by atoms with van der Waals surface area (Å²) in [5, 5.41) is 10.6. The van der Waals surface area contributed by atoms with Crippen molar-refractivity contribution in [1.29, 1.82) is 0 Å². The zero-order valence-electron chi connectivity index (χ0n) is 6.59. The highest BCUT2D eigenvalue weighted by Gasteiger charge is 2.43. The average Bonchev–Trinajstić information content (AvgIpc) is 1.51. The Morgan fingerprint density at radius 1 is 1.55 bits per heavy atom. The maximum Gasteiger partial charge on any atom is 0.300 e. The van der Waals surface area contributed by atoms with Crippen molar-refractivity contribution in [3.8, 4) is 0 Å². The third-order valence-electron chi connectivity index (χ3n) is 1.82. The summed E-state index contributed by atoms with van der Waals surface area (Å²) in [6.45, 7) is 5.46. The Balaban J connectivity index is 0.000000134. The number of hydrogen-bond donors (Lipinski definition) is 2. The summed E-state index contributed by atoms with van der Waals surface area (Å²) in [6.07, 6.45) is 0. The monoisotopic (exact) mass is 159 g/mol. The SMILES string of the molecule is C1NCC12COC2.CC(=O)O. The van der Waals surface area contributed by atoms with Gasteiger partial charge in [0.25, 0.3) is 5.97 Å². The fourth-order valence-corrected chi connectivity index (χ4v) is 1.07. The van der Waals surface area contributed by atoms with Crippen molar-refractivity contribution in [3.63, 3.8) is 0 Å². The molecule has 0 atom stereocenters. The minimum absolute atomic E-state index is 0.611. The Hall–Kier alpha value is -0.610. The van der Waals surface area contributed by atoms with Crippen LogP contribution in [-0.2, 0) is 9.53 Å². The number of carboxylic acids is 1. The molecule has 64 valence electrons. The molecule has 11 heavy (non-hydrogen) atoms. The van der Waals surface area contributed by atoms with E-state index in [0.717, 1.165) is 20.1 Å². The molecule has 0 radical (unpaired) electrons. The predicted octanol–water partition coefficient (Wildman–Crippen LogP) is -0.303. The number of carboxylic acid groups (broad SMARTS) is 1. The van der Waals surface area contributed by atoms with Crippen LogP contribution in [-0.4, -0.2) is 37.4 Å². The summed E-state index contributed by atoms with van der Waals surface area (Å²) in [7, 11) is 0. The molecule has 2 heterocycles. The highest BCUT2D eigenvalue weighted by atomic mass is 16.5. The van der Waals surface area contributed by atoms with Gasteiger partial charge in [0.2, 0.25) is 0 Å². The van der Waals surface area contributed by atoms with Crippen molar-refractivity contribution in [2.24, 2.45) is 5.41 Å². The molecule has 2 aliphatic rings. The van der Waals surface area contributed by atoms with Crippen molar-refractivity contribution in [2.75, 3.05) is 26.3 Å². The lowest BCUT2D eigenvalue weighted by Crippen LogP contribution is -2.64. The molecule has 2 N–H and O–H groups in total. The highest BCUT2D eigenvalue weighted by molar-refractivity contribution is 5.62. The Bertz CT molecular complexity index is 130. The number of rotatable bonds is 0. The van der Waals surface area contributed by atoms with Crippen molar-refractivity contribution in [2.45, 2.75) is 6.92 Å². The Kier molecular flexibility index (Phi) is 2.46. The summed E-state index contributed by atoms with van der Waals surface area (Å²) in [5.41, 5.74) is 0.611. The molecule has 0 unspecified atom stereocenters. The zero-order valence-corrected chi connectivity index (χ0v) is 6.59. The van der Waals surface area contributed by atoms with Crippen LogP contribution in [0.25, 0.3) is 0 Å². The molecule has 0 amide bonds. The van der Waals surface area contributed by atoms with Gasteiger partial charge in [-0.2, -0.15) is 0 Å².